The maximum Gasteiger partial charge on any atom is 0.410 e. The number of carbonyl (C=O) groups is 3. The molecule has 2 atom stereocenters. The molecule has 10 nitrogen and oxygen atoms in total. The first kappa shape index (κ1) is 25.8. The molecule has 0 unspecified atom stereocenters. The molecule has 0 radical (unpaired) electrons. The average molecular weight is 452 g/mol. The summed E-state index contributed by atoms with van der Waals surface area (Å²) in [7, 11) is 3.85. The number of ether oxygens (including phenoxy) is 1. The molecule has 10 heteroatoms. The summed E-state index contributed by atoms with van der Waals surface area (Å²) in [6.07, 6.45) is 1.53. The Bertz CT molecular complexity index is 793. The zero-order valence-electron chi connectivity index (χ0n) is 20.3. The van der Waals surface area contributed by atoms with Gasteiger partial charge in [-0.3, -0.25) is 14.5 Å². The summed E-state index contributed by atoms with van der Waals surface area (Å²) >= 11 is 0. The van der Waals surface area contributed by atoms with Gasteiger partial charge in [-0.05, 0) is 61.1 Å². The zero-order chi connectivity index (χ0) is 24.1. The van der Waals surface area contributed by atoms with Crippen LogP contribution in [0.25, 0.3) is 0 Å². The highest BCUT2D eigenvalue weighted by atomic mass is 16.6. The van der Waals surface area contributed by atoms with Crippen LogP contribution in [0.2, 0.25) is 0 Å². The lowest BCUT2D eigenvalue weighted by Crippen LogP contribution is -2.45. The molecule has 1 aliphatic heterocycles. The van der Waals surface area contributed by atoms with Gasteiger partial charge in [-0.2, -0.15) is 0 Å². The van der Waals surface area contributed by atoms with Crippen molar-refractivity contribution in [2.24, 2.45) is 5.92 Å². The first-order valence-electron chi connectivity index (χ1n) is 11.2. The third-order valence-electron chi connectivity index (χ3n) is 5.37. The SMILES string of the molecule is CC[C@@H](c1nnc([C@H](CC(C)=O)NC(=O)C2CCN(C(=O)OC(C)(C)C)CC2)o1)N(C)C. The van der Waals surface area contributed by atoms with Crippen molar-refractivity contribution in [3.05, 3.63) is 11.8 Å². The van der Waals surface area contributed by atoms with Gasteiger partial charge in [0.05, 0.1) is 6.04 Å². The Morgan fingerprint density at radius 1 is 1.19 bits per heavy atom. The molecular weight excluding hydrogens is 414 g/mol. The second-order valence-corrected chi connectivity index (χ2v) is 9.58. The highest BCUT2D eigenvalue weighted by molar-refractivity contribution is 5.81. The number of hydrogen-bond donors (Lipinski definition) is 1. The fourth-order valence-corrected chi connectivity index (χ4v) is 3.71. The second kappa shape index (κ2) is 10.9. The van der Waals surface area contributed by atoms with Crippen LogP contribution in [-0.2, 0) is 14.3 Å². The molecule has 0 saturated carbocycles. The maximum absolute atomic E-state index is 12.9. The van der Waals surface area contributed by atoms with Crippen molar-refractivity contribution >= 4 is 17.8 Å². The van der Waals surface area contributed by atoms with Gasteiger partial charge in [0.1, 0.15) is 17.4 Å². The quantitative estimate of drug-likeness (QED) is 0.641. The summed E-state index contributed by atoms with van der Waals surface area (Å²) in [5, 5.41) is 11.2. The van der Waals surface area contributed by atoms with Gasteiger partial charge < -0.3 is 19.4 Å². The van der Waals surface area contributed by atoms with E-state index in [1.807, 2.05) is 46.7 Å². The van der Waals surface area contributed by atoms with E-state index in [9.17, 15) is 14.4 Å². The van der Waals surface area contributed by atoms with Gasteiger partial charge in [-0.25, -0.2) is 4.79 Å². The first-order chi connectivity index (χ1) is 14.9. The summed E-state index contributed by atoms with van der Waals surface area (Å²) in [4.78, 5) is 40.6. The van der Waals surface area contributed by atoms with Crippen LogP contribution in [0.1, 0.15) is 84.2 Å². The highest BCUT2D eigenvalue weighted by Crippen LogP contribution is 2.25. The summed E-state index contributed by atoms with van der Waals surface area (Å²) in [6, 6.07) is -0.716. The van der Waals surface area contributed by atoms with Crippen molar-refractivity contribution in [1.29, 1.82) is 0 Å². The Morgan fingerprint density at radius 3 is 2.28 bits per heavy atom. The van der Waals surface area contributed by atoms with Crippen LogP contribution >= 0.6 is 0 Å². The predicted octanol–water partition coefficient (Wildman–Crippen LogP) is 2.87. The molecule has 1 aromatic rings. The number of ketones is 1. The van der Waals surface area contributed by atoms with Crippen molar-refractivity contribution in [3.63, 3.8) is 0 Å². The molecule has 1 aromatic heterocycles. The van der Waals surface area contributed by atoms with Gasteiger partial charge >= 0.3 is 6.09 Å². The average Bonchev–Trinajstić information content (AvgIpc) is 3.15. The number of nitrogens with one attached hydrogen (secondary N) is 1. The molecule has 0 aromatic carbocycles. The lowest BCUT2D eigenvalue weighted by molar-refractivity contribution is -0.127. The molecule has 2 rings (SSSR count). The van der Waals surface area contributed by atoms with E-state index >= 15 is 0 Å². The molecule has 0 spiro atoms. The van der Waals surface area contributed by atoms with Gasteiger partial charge in [0.25, 0.3) is 0 Å². The molecule has 0 bridgehead atoms. The largest absolute Gasteiger partial charge is 0.444 e. The van der Waals surface area contributed by atoms with Crippen LogP contribution in [0.3, 0.4) is 0 Å². The molecule has 32 heavy (non-hydrogen) atoms. The summed E-state index contributed by atoms with van der Waals surface area (Å²) in [5.74, 6) is 0.153. The van der Waals surface area contributed by atoms with Crippen molar-refractivity contribution in [3.8, 4) is 0 Å². The Kier molecular flexibility index (Phi) is 8.77. The van der Waals surface area contributed by atoms with Crippen LogP contribution in [0.5, 0.6) is 0 Å². The maximum atomic E-state index is 12.9. The minimum Gasteiger partial charge on any atom is -0.444 e. The van der Waals surface area contributed by atoms with Gasteiger partial charge in [0, 0.05) is 25.4 Å². The first-order valence-corrected chi connectivity index (χ1v) is 11.2. The highest BCUT2D eigenvalue weighted by Gasteiger charge is 2.32. The lowest BCUT2D eigenvalue weighted by atomic mass is 9.95. The van der Waals surface area contributed by atoms with Crippen LogP contribution in [0.15, 0.2) is 4.42 Å². The van der Waals surface area contributed by atoms with Crippen molar-refractivity contribution in [2.75, 3.05) is 27.2 Å². The van der Waals surface area contributed by atoms with E-state index in [2.05, 4.69) is 15.5 Å². The number of nitrogens with zero attached hydrogens (tertiary/aromatic N) is 4. The third kappa shape index (κ3) is 7.29. The molecule has 2 amide bonds. The molecule has 180 valence electrons. The number of rotatable bonds is 8. The van der Waals surface area contributed by atoms with Gasteiger partial charge in [-0.1, -0.05) is 6.92 Å². The smallest absolute Gasteiger partial charge is 0.410 e. The fourth-order valence-electron chi connectivity index (χ4n) is 3.71. The minimum absolute atomic E-state index is 0.0397. The Balaban J connectivity index is 2.01. The number of Topliss-reactive ketones (excluding diaryl/α,β-unsaturated/α-hetero) is 1. The van der Waals surface area contributed by atoms with E-state index in [-0.39, 0.29) is 42.1 Å². The van der Waals surface area contributed by atoms with Gasteiger partial charge in [0.15, 0.2) is 0 Å². The summed E-state index contributed by atoms with van der Waals surface area (Å²) < 4.78 is 11.2. The predicted molar refractivity (Wildman–Crippen MR) is 118 cm³/mol. The van der Waals surface area contributed by atoms with Crippen molar-refractivity contribution in [2.45, 2.75) is 78.0 Å². The lowest BCUT2D eigenvalue weighted by Gasteiger charge is -2.33. The Hall–Kier alpha value is -2.49. The third-order valence-corrected chi connectivity index (χ3v) is 5.37. The van der Waals surface area contributed by atoms with E-state index < -0.39 is 11.6 Å². The molecule has 2 heterocycles. The van der Waals surface area contributed by atoms with Crippen LogP contribution in [0.4, 0.5) is 4.79 Å². The number of aromatic nitrogens is 2. The Morgan fingerprint density at radius 2 is 1.78 bits per heavy atom. The van der Waals surface area contributed by atoms with E-state index in [0.717, 1.165) is 6.42 Å². The Labute approximate surface area is 190 Å². The molecule has 1 aliphatic rings. The second-order valence-electron chi connectivity index (χ2n) is 9.58. The van der Waals surface area contributed by atoms with Crippen molar-refractivity contribution in [1.82, 2.24) is 25.3 Å². The monoisotopic (exact) mass is 451 g/mol. The van der Waals surface area contributed by atoms with Crippen LogP contribution in [-0.4, -0.2) is 70.6 Å². The summed E-state index contributed by atoms with van der Waals surface area (Å²) in [5.41, 5.74) is -0.558. The minimum atomic E-state index is -0.676. The molecular formula is C22H37N5O5. The van der Waals surface area contributed by atoms with Gasteiger partial charge in [-0.15, -0.1) is 10.2 Å². The number of piperidine rings is 1. The molecule has 0 aliphatic carbocycles. The number of amides is 2. The normalized spacial score (nSPS) is 17.2. The number of hydrogen-bond acceptors (Lipinski definition) is 8. The van der Waals surface area contributed by atoms with Crippen LogP contribution in [0, 0.1) is 5.92 Å². The van der Waals surface area contributed by atoms with Gasteiger partial charge in [0.2, 0.25) is 17.7 Å². The van der Waals surface area contributed by atoms with E-state index in [1.54, 1.807) is 4.90 Å². The van der Waals surface area contributed by atoms with E-state index in [0.29, 0.717) is 31.8 Å². The van der Waals surface area contributed by atoms with Crippen LogP contribution < -0.4 is 5.32 Å². The van der Waals surface area contributed by atoms with Crippen molar-refractivity contribution < 1.29 is 23.5 Å². The number of carbonyl (C=O) groups excluding carboxylic acids is 3. The van der Waals surface area contributed by atoms with E-state index in [4.69, 9.17) is 9.15 Å². The topological polar surface area (TPSA) is 118 Å². The number of likely N-dealkylation sites (tertiary alicyclic amines) is 1. The van der Waals surface area contributed by atoms with E-state index in [1.165, 1.54) is 6.92 Å². The molecule has 1 saturated heterocycles. The summed E-state index contributed by atoms with van der Waals surface area (Å²) in [6.45, 7) is 9.84. The standard InChI is InChI=1S/C22H37N5O5/c1-8-17(26(6)7)20-25-24-19(31-20)16(13-14(2)28)23-18(29)15-9-11-27(12-10-15)21(30)32-22(3,4)5/h15-17H,8-13H2,1-7H3,(H,23,29)/t16-,17-/m0/s1. The fraction of sp³-hybridized carbons (Fsp3) is 0.773. The molecule has 1 N–H and O–H groups in total. The molecule has 1 fully saturated rings. The zero-order valence-corrected chi connectivity index (χ0v) is 20.3.